The number of nitrogens with one attached hydrogen (secondary N) is 1. The number of aliphatic carboxylic acids is 1. The average Bonchev–Trinajstić information content (AvgIpc) is 2.93. The molecule has 1 aromatic heterocycles. The molecule has 2 rings (SSSR count). The van der Waals surface area contributed by atoms with Crippen molar-refractivity contribution < 1.29 is 19.1 Å². The number of nitrogens with zero attached hydrogens (tertiary/aromatic N) is 2. The summed E-state index contributed by atoms with van der Waals surface area (Å²) in [5.41, 5.74) is -1.13. The molecular weight excluding hydrogens is 250 g/mol. The van der Waals surface area contributed by atoms with Gasteiger partial charge < -0.3 is 19.7 Å². The van der Waals surface area contributed by atoms with Crippen molar-refractivity contribution in [2.24, 2.45) is 0 Å². The van der Waals surface area contributed by atoms with Gasteiger partial charge >= 0.3 is 12.0 Å². The van der Waals surface area contributed by atoms with Crippen LogP contribution in [0.25, 0.3) is 0 Å². The summed E-state index contributed by atoms with van der Waals surface area (Å²) in [4.78, 5) is 28.6. The Morgan fingerprint density at radius 3 is 2.95 bits per heavy atom. The quantitative estimate of drug-likeness (QED) is 0.856. The van der Waals surface area contributed by atoms with E-state index in [0.717, 1.165) is 0 Å². The first-order valence-electron chi connectivity index (χ1n) is 6.13. The van der Waals surface area contributed by atoms with Gasteiger partial charge in [0.05, 0.1) is 12.7 Å². The maximum Gasteiger partial charge on any atom is 0.329 e. The van der Waals surface area contributed by atoms with Crippen LogP contribution in [0.4, 0.5) is 4.79 Å². The standard InChI is InChI=1S/C12H17N3O4/c1-8-6-13-9(19-8)7-14-11(18)15-5-3-4-12(15,2)10(16)17/h6H,3-5,7H2,1-2H3,(H,14,18)(H,16,17). The fraction of sp³-hybridized carbons (Fsp3) is 0.583. The highest BCUT2D eigenvalue weighted by molar-refractivity contribution is 5.86. The van der Waals surface area contributed by atoms with Gasteiger partial charge in [-0.05, 0) is 26.7 Å². The predicted molar refractivity (Wildman–Crippen MR) is 65.5 cm³/mol. The minimum absolute atomic E-state index is 0.152. The average molecular weight is 267 g/mol. The topological polar surface area (TPSA) is 95.7 Å². The van der Waals surface area contributed by atoms with Crippen LogP contribution < -0.4 is 5.32 Å². The molecule has 2 amide bonds. The summed E-state index contributed by atoms with van der Waals surface area (Å²) in [6, 6.07) is -0.404. The van der Waals surface area contributed by atoms with Crippen molar-refractivity contribution in [3.05, 3.63) is 17.8 Å². The Bertz CT molecular complexity index is 499. The Kier molecular flexibility index (Phi) is 3.46. The first-order chi connectivity index (χ1) is 8.93. The molecule has 0 aliphatic carbocycles. The second-order valence-corrected chi connectivity index (χ2v) is 4.86. The molecule has 0 spiro atoms. The van der Waals surface area contributed by atoms with E-state index >= 15 is 0 Å². The number of carboxylic acid groups (broad SMARTS) is 1. The number of likely N-dealkylation sites (tertiary alicyclic amines) is 1. The summed E-state index contributed by atoms with van der Waals surface area (Å²) in [5, 5.41) is 11.9. The molecule has 0 bridgehead atoms. The number of hydrogen-bond acceptors (Lipinski definition) is 4. The van der Waals surface area contributed by atoms with Crippen LogP contribution in [0, 0.1) is 6.92 Å². The van der Waals surface area contributed by atoms with Gasteiger partial charge in [-0.1, -0.05) is 0 Å². The number of carboxylic acids is 1. The Hall–Kier alpha value is -2.05. The van der Waals surface area contributed by atoms with Gasteiger partial charge in [-0.15, -0.1) is 0 Å². The van der Waals surface area contributed by atoms with E-state index in [1.807, 2.05) is 0 Å². The Balaban J connectivity index is 1.98. The lowest BCUT2D eigenvalue weighted by molar-refractivity contribution is -0.147. The van der Waals surface area contributed by atoms with Gasteiger partial charge in [-0.3, -0.25) is 0 Å². The maximum absolute atomic E-state index is 12.0. The van der Waals surface area contributed by atoms with Crippen molar-refractivity contribution in [2.75, 3.05) is 6.54 Å². The second kappa shape index (κ2) is 4.91. The van der Waals surface area contributed by atoms with E-state index in [1.54, 1.807) is 20.0 Å². The molecule has 104 valence electrons. The number of aromatic nitrogens is 1. The molecule has 0 aromatic carbocycles. The van der Waals surface area contributed by atoms with E-state index in [1.165, 1.54) is 4.90 Å². The largest absolute Gasteiger partial charge is 0.480 e. The highest BCUT2D eigenvalue weighted by atomic mass is 16.4. The van der Waals surface area contributed by atoms with Crippen molar-refractivity contribution in [1.82, 2.24) is 15.2 Å². The van der Waals surface area contributed by atoms with Crippen LogP contribution in [0.1, 0.15) is 31.4 Å². The molecule has 1 aromatic rings. The molecule has 1 atom stereocenters. The molecule has 2 heterocycles. The van der Waals surface area contributed by atoms with Crippen molar-refractivity contribution >= 4 is 12.0 Å². The third-order valence-corrected chi connectivity index (χ3v) is 3.41. The molecule has 1 saturated heterocycles. The second-order valence-electron chi connectivity index (χ2n) is 4.86. The molecule has 7 heteroatoms. The number of hydrogen-bond donors (Lipinski definition) is 2. The molecule has 19 heavy (non-hydrogen) atoms. The van der Waals surface area contributed by atoms with Crippen LogP contribution in [-0.2, 0) is 11.3 Å². The maximum atomic E-state index is 12.0. The summed E-state index contributed by atoms with van der Waals surface area (Å²) in [6.07, 6.45) is 2.72. The van der Waals surface area contributed by atoms with Gasteiger partial charge in [0, 0.05) is 6.54 Å². The van der Waals surface area contributed by atoms with E-state index in [0.29, 0.717) is 31.0 Å². The molecule has 1 aliphatic heterocycles. The Morgan fingerprint density at radius 1 is 1.63 bits per heavy atom. The molecule has 0 radical (unpaired) electrons. The predicted octanol–water partition coefficient (Wildman–Crippen LogP) is 1.13. The van der Waals surface area contributed by atoms with Gasteiger partial charge in [0.2, 0.25) is 5.89 Å². The first-order valence-corrected chi connectivity index (χ1v) is 6.13. The lowest BCUT2D eigenvalue weighted by Crippen LogP contribution is -2.53. The van der Waals surface area contributed by atoms with Crippen LogP contribution in [-0.4, -0.2) is 39.1 Å². The number of rotatable bonds is 3. The number of urea groups is 1. The lowest BCUT2D eigenvalue weighted by Gasteiger charge is -2.30. The monoisotopic (exact) mass is 267 g/mol. The number of oxazole rings is 1. The van der Waals surface area contributed by atoms with Crippen molar-refractivity contribution in [3.8, 4) is 0 Å². The number of aryl methyl sites for hydroxylation is 1. The van der Waals surface area contributed by atoms with Crippen LogP contribution in [0.15, 0.2) is 10.6 Å². The number of carbonyl (C=O) groups is 2. The molecule has 1 aliphatic rings. The zero-order valence-corrected chi connectivity index (χ0v) is 11.0. The van der Waals surface area contributed by atoms with Crippen LogP contribution in [0.3, 0.4) is 0 Å². The number of amides is 2. The third kappa shape index (κ3) is 2.54. The van der Waals surface area contributed by atoms with Crippen LogP contribution >= 0.6 is 0 Å². The lowest BCUT2D eigenvalue weighted by atomic mass is 10.00. The summed E-state index contributed by atoms with van der Waals surface area (Å²) >= 11 is 0. The van der Waals surface area contributed by atoms with E-state index in [-0.39, 0.29) is 6.54 Å². The van der Waals surface area contributed by atoms with Crippen LogP contribution in [0.5, 0.6) is 0 Å². The van der Waals surface area contributed by atoms with Gasteiger partial charge in [-0.25, -0.2) is 14.6 Å². The molecular formula is C12H17N3O4. The Labute approximate surface area is 110 Å². The summed E-state index contributed by atoms with van der Waals surface area (Å²) in [7, 11) is 0. The summed E-state index contributed by atoms with van der Waals surface area (Å²) in [6.45, 7) is 3.93. The molecule has 1 unspecified atom stereocenters. The van der Waals surface area contributed by atoms with E-state index in [2.05, 4.69) is 10.3 Å². The SMILES string of the molecule is Cc1cnc(CNC(=O)N2CCCC2(C)C(=O)O)o1. The van der Waals surface area contributed by atoms with Gasteiger partial charge in [0.25, 0.3) is 0 Å². The first kappa shape index (κ1) is 13.4. The van der Waals surface area contributed by atoms with Crippen molar-refractivity contribution in [2.45, 2.75) is 38.8 Å². The smallest absolute Gasteiger partial charge is 0.329 e. The highest BCUT2D eigenvalue weighted by Crippen LogP contribution is 2.29. The van der Waals surface area contributed by atoms with E-state index < -0.39 is 17.5 Å². The normalized spacial score (nSPS) is 22.5. The molecule has 7 nitrogen and oxygen atoms in total. The zero-order valence-electron chi connectivity index (χ0n) is 11.0. The fourth-order valence-corrected chi connectivity index (χ4v) is 2.24. The fourth-order valence-electron chi connectivity index (χ4n) is 2.24. The van der Waals surface area contributed by atoms with Gasteiger partial charge in [0.15, 0.2) is 0 Å². The summed E-state index contributed by atoms with van der Waals surface area (Å²) in [5.74, 6) is 0.0926. The zero-order chi connectivity index (χ0) is 14.0. The minimum Gasteiger partial charge on any atom is -0.480 e. The number of carbonyl (C=O) groups excluding carboxylic acids is 1. The summed E-state index contributed by atoms with van der Waals surface area (Å²) < 4.78 is 5.24. The highest BCUT2D eigenvalue weighted by Gasteiger charge is 2.45. The molecule has 1 fully saturated rings. The van der Waals surface area contributed by atoms with Crippen LogP contribution in [0.2, 0.25) is 0 Å². The van der Waals surface area contributed by atoms with Crippen molar-refractivity contribution in [3.63, 3.8) is 0 Å². The molecule has 0 saturated carbocycles. The van der Waals surface area contributed by atoms with E-state index in [4.69, 9.17) is 4.42 Å². The van der Waals surface area contributed by atoms with E-state index in [9.17, 15) is 14.7 Å². The minimum atomic E-state index is -1.13. The van der Waals surface area contributed by atoms with Gasteiger partial charge in [0.1, 0.15) is 11.3 Å². The third-order valence-electron chi connectivity index (χ3n) is 3.41. The molecule has 2 N–H and O–H groups in total. The van der Waals surface area contributed by atoms with Crippen molar-refractivity contribution in [1.29, 1.82) is 0 Å². The van der Waals surface area contributed by atoms with Gasteiger partial charge in [-0.2, -0.15) is 0 Å². The Morgan fingerprint density at radius 2 is 2.37 bits per heavy atom.